The van der Waals surface area contributed by atoms with Gasteiger partial charge in [-0.3, -0.25) is 14.6 Å². The van der Waals surface area contributed by atoms with Crippen molar-refractivity contribution in [3.8, 4) is 0 Å². The highest BCUT2D eigenvalue weighted by Gasteiger charge is 2.28. The predicted molar refractivity (Wildman–Crippen MR) is 143 cm³/mol. The number of carbonyl (C=O) groups is 2. The van der Waals surface area contributed by atoms with Crippen molar-refractivity contribution in [1.82, 2.24) is 4.90 Å². The van der Waals surface area contributed by atoms with Crippen molar-refractivity contribution in [2.24, 2.45) is 16.6 Å². The topological polar surface area (TPSA) is 79.0 Å². The minimum absolute atomic E-state index is 0.112. The number of rotatable bonds is 7. The minimum atomic E-state index is -0.978. The lowest BCUT2D eigenvalue weighted by Gasteiger charge is -2.34. The molecule has 3 fully saturated rings. The molecular formula is C29H41FN4O2. The van der Waals surface area contributed by atoms with Crippen LogP contribution in [0.4, 0.5) is 10.1 Å². The Morgan fingerprint density at radius 3 is 2.61 bits per heavy atom. The van der Waals surface area contributed by atoms with Crippen molar-refractivity contribution < 1.29 is 14.0 Å². The highest BCUT2D eigenvalue weighted by molar-refractivity contribution is 6.09. The smallest absolute Gasteiger partial charge is 0.270 e. The summed E-state index contributed by atoms with van der Waals surface area (Å²) in [5.74, 6) is 0.425. The Kier molecular flexibility index (Phi) is 8.81. The van der Waals surface area contributed by atoms with Gasteiger partial charge in [-0.15, -0.1) is 0 Å². The third kappa shape index (κ3) is 6.34. The molecule has 1 amide bonds. The van der Waals surface area contributed by atoms with E-state index in [2.05, 4.69) is 41.9 Å². The Morgan fingerprint density at radius 2 is 1.86 bits per heavy atom. The number of benzene rings is 1. The molecule has 0 unspecified atom stereocenters. The van der Waals surface area contributed by atoms with Crippen LogP contribution in [0.15, 0.2) is 34.5 Å². The van der Waals surface area contributed by atoms with Crippen LogP contribution >= 0.6 is 0 Å². The number of Topliss-reactive ketones (excluding diaryl/α,β-unsaturated/α-hetero) is 1. The van der Waals surface area contributed by atoms with Gasteiger partial charge in [-0.25, -0.2) is 4.39 Å². The van der Waals surface area contributed by atoms with Gasteiger partial charge in [0.1, 0.15) is 11.9 Å². The number of likely N-dealkylation sites (tertiary alicyclic amines) is 1. The molecule has 1 aromatic carbocycles. The first-order valence-electron chi connectivity index (χ1n) is 13.6. The first-order valence-corrected chi connectivity index (χ1v) is 13.6. The first kappa shape index (κ1) is 26.4. The van der Waals surface area contributed by atoms with E-state index in [0.29, 0.717) is 38.1 Å². The molecule has 1 aromatic rings. The van der Waals surface area contributed by atoms with Gasteiger partial charge in [-0.1, -0.05) is 12.1 Å². The maximum Gasteiger partial charge on any atom is 0.270 e. The Bertz CT molecular complexity index is 1030. The standard InChI is InChI=1S/C29H41FN4O2/c1-20-6-3-10-27(21(20)2)33-16-13-22(14-17-33)11-12-24(35)18-32-26-9-4-8-25(26)28(31)29(36)34-15-5-7-23(30)19-34/h3,6,10,22-23H,4-5,7-9,11-19,31H2,1-2H3/t23-/m0/s1. The molecule has 1 aliphatic carbocycles. The predicted octanol–water partition coefficient (Wildman–Crippen LogP) is 4.67. The van der Waals surface area contributed by atoms with E-state index in [9.17, 15) is 14.0 Å². The summed E-state index contributed by atoms with van der Waals surface area (Å²) in [5.41, 5.74) is 12.0. The number of carbonyl (C=O) groups excluding carboxylic acids is 2. The number of nitrogens with two attached hydrogens (primary N) is 1. The minimum Gasteiger partial charge on any atom is -0.394 e. The Hall–Kier alpha value is -2.70. The van der Waals surface area contributed by atoms with E-state index in [-0.39, 0.29) is 30.5 Å². The molecule has 196 valence electrons. The lowest BCUT2D eigenvalue weighted by molar-refractivity contribution is -0.129. The van der Waals surface area contributed by atoms with E-state index in [1.807, 2.05) is 0 Å². The Labute approximate surface area is 214 Å². The normalized spacial score (nSPS) is 23.9. The van der Waals surface area contributed by atoms with Crippen molar-refractivity contribution >= 4 is 23.1 Å². The summed E-state index contributed by atoms with van der Waals surface area (Å²) in [5, 5.41) is 0. The molecule has 0 aromatic heterocycles. The number of amides is 1. The number of allylic oxidation sites excluding steroid dienone is 1. The maximum absolute atomic E-state index is 13.7. The molecule has 4 rings (SSSR count). The van der Waals surface area contributed by atoms with Crippen LogP contribution in [-0.2, 0) is 9.59 Å². The average Bonchev–Trinajstić information content (AvgIpc) is 3.36. The van der Waals surface area contributed by atoms with Crippen LogP contribution < -0.4 is 10.6 Å². The molecule has 6 nitrogen and oxygen atoms in total. The second kappa shape index (κ2) is 12.0. The van der Waals surface area contributed by atoms with Crippen molar-refractivity contribution in [3.05, 3.63) is 40.6 Å². The first-order chi connectivity index (χ1) is 17.3. The van der Waals surface area contributed by atoms with Crippen LogP contribution in [0.5, 0.6) is 0 Å². The molecule has 2 saturated heterocycles. The molecule has 1 atom stereocenters. The number of anilines is 1. The SMILES string of the molecule is Cc1cccc(N2CCC(CCC(=O)CN=C3CCCC3=C(N)C(=O)N3CCC[C@H](F)C3)CC2)c1C. The summed E-state index contributed by atoms with van der Waals surface area (Å²) in [6.07, 6.45) is 6.16. The molecule has 0 bridgehead atoms. The number of piperidine rings is 2. The fourth-order valence-electron chi connectivity index (χ4n) is 5.77. The Balaban J connectivity index is 1.25. The quantitative estimate of drug-likeness (QED) is 0.557. The van der Waals surface area contributed by atoms with Gasteiger partial charge in [0.15, 0.2) is 5.78 Å². The van der Waals surface area contributed by atoms with Gasteiger partial charge in [0, 0.05) is 43.0 Å². The van der Waals surface area contributed by atoms with Crippen LogP contribution in [0.2, 0.25) is 0 Å². The van der Waals surface area contributed by atoms with Crippen molar-refractivity contribution in [1.29, 1.82) is 0 Å². The number of aryl methyl sites for hydroxylation is 1. The van der Waals surface area contributed by atoms with Gasteiger partial charge in [-0.05, 0) is 88.3 Å². The van der Waals surface area contributed by atoms with E-state index >= 15 is 0 Å². The molecule has 0 radical (unpaired) electrons. The van der Waals surface area contributed by atoms with Gasteiger partial charge < -0.3 is 15.5 Å². The average molecular weight is 497 g/mol. The van der Waals surface area contributed by atoms with E-state index in [0.717, 1.165) is 56.5 Å². The van der Waals surface area contributed by atoms with Crippen molar-refractivity contribution in [2.75, 3.05) is 37.6 Å². The number of hydrogen-bond donors (Lipinski definition) is 1. The molecule has 0 spiro atoms. The molecular weight excluding hydrogens is 455 g/mol. The fraction of sp³-hybridized carbons (Fsp3) is 0.621. The highest BCUT2D eigenvalue weighted by Crippen LogP contribution is 2.30. The van der Waals surface area contributed by atoms with Gasteiger partial charge in [-0.2, -0.15) is 0 Å². The molecule has 2 heterocycles. The van der Waals surface area contributed by atoms with Crippen LogP contribution in [-0.4, -0.2) is 61.2 Å². The summed E-state index contributed by atoms with van der Waals surface area (Å²) in [6, 6.07) is 6.50. The van der Waals surface area contributed by atoms with E-state index in [1.165, 1.54) is 21.7 Å². The van der Waals surface area contributed by atoms with Crippen LogP contribution in [0, 0.1) is 19.8 Å². The fourth-order valence-corrected chi connectivity index (χ4v) is 5.77. The van der Waals surface area contributed by atoms with Crippen LogP contribution in [0.1, 0.15) is 68.9 Å². The largest absolute Gasteiger partial charge is 0.394 e. The number of aliphatic imine (C=N–C) groups is 1. The molecule has 36 heavy (non-hydrogen) atoms. The number of ketones is 1. The number of nitrogens with zero attached hydrogens (tertiary/aromatic N) is 3. The van der Waals surface area contributed by atoms with Crippen molar-refractivity contribution in [2.45, 2.75) is 77.8 Å². The third-order valence-corrected chi connectivity index (χ3v) is 8.20. The molecule has 1 saturated carbocycles. The Morgan fingerprint density at radius 1 is 1.08 bits per heavy atom. The van der Waals surface area contributed by atoms with Crippen LogP contribution in [0.25, 0.3) is 0 Å². The molecule has 2 N–H and O–H groups in total. The number of hydrogen-bond acceptors (Lipinski definition) is 5. The third-order valence-electron chi connectivity index (χ3n) is 8.20. The summed E-state index contributed by atoms with van der Waals surface area (Å²) in [7, 11) is 0. The van der Waals surface area contributed by atoms with E-state index < -0.39 is 6.17 Å². The monoisotopic (exact) mass is 496 g/mol. The summed E-state index contributed by atoms with van der Waals surface area (Å²) in [4.78, 5) is 34.0. The number of halogens is 1. The van der Waals surface area contributed by atoms with Gasteiger partial charge in [0.25, 0.3) is 5.91 Å². The van der Waals surface area contributed by atoms with Gasteiger partial charge >= 0.3 is 0 Å². The second-order valence-electron chi connectivity index (χ2n) is 10.7. The van der Waals surface area contributed by atoms with Gasteiger partial charge in [0.2, 0.25) is 0 Å². The van der Waals surface area contributed by atoms with Crippen LogP contribution in [0.3, 0.4) is 0 Å². The van der Waals surface area contributed by atoms with E-state index in [1.54, 1.807) is 0 Å². The number of alkyl halides is 1. The lowest BCUT2D eigenvalue weighted by atomic mass is 9.90. The molecule has 2 aliphatic heterocycles. The lowest BCUT2D eigenvalue weighted by Crippen LogP contribution is -2.43. The molecule has 7 heteroatoms. The molecule has 3 aliphatic rings. The zero-order valence-electron chi connectivity index (χ0n) is 21.9. The zero-order chi connectivity index (χ0) is 25.7. The summed E-state index contributed by atoms with van der Waals surface area (Å²) < 4.78 is 13.7. The maximum atomic E-state index is 13.7. The highest BCUT2D eigenvalue weighted by atomic mass is 19.1. The summed E-state index contributed by atoms with van der Waals surface area (Å²) in [6.45, 7) is 7.23. The van der Waals surface area contributed by atoms with Crippen molar-refractivity contribution in [3.63, 3.8) is 0 Å². The zero-order valence-corrected chi connectivity index (χ0v) is 21.9. The van der Waals surface area contributed by atoms with Gasteiger partial charge in [0.05, 0.1) is 13.1 Å². The van der Waals surface area contributed by atoms with E-state index in [4.69, 9.17) is 5.73 Å². The summed E-state index contributed by atoms with van der Waals surface area (Å²) >= 11 is 0. The second-order valence-corrected chi connectivity index (χ2v) is 10.7.